The number of benzene rings is 1. The smallest absolute Gasteiger partial charge is 0.121 e. The Hall–Kier alpha value is -2.28. The predicted molar refractivity (Wildman–Crippen MR) is 78.2 cm³/mol. The van der Waals surface area contributed by atoms with Crippen molar-refractivity contribution in [3.8, 4) is 5.75 Å². The number of nitrogens with zero attached hydrogens (tertiary/aromatic N) is 4. The average Bonchev–Trinajstić information content (AvgIpc) is 2.80. The fraction of sp³-hybridized carbons (Fsp3) is 0.385. The van der Waals surface area contributed by atoms with Gasteiger partial charge in [-0.2, -0.15) is 0 Å². The summed E-state index contributed by atoms with van der Waals surface area (Å²) in [4.78, 5) is 2.04. The van der Waals surface area contributed by atoms with E-state index in [1.807, 2.05) is 25.2 Å². The van der Waals surface area contributed by atoms with E-state index in [4.69, 9.17) is 16.2 Å². The Bertz CT molecular complexity index is 566. The lowest BCUT2D eigenvalue weighted by Gasteiger charge is -2.08. The molecule has 7 heteroatoms. The Kier molecular flexibility index (Phi) is 4.41. The molecule has 1 aromatic heterocycles. The van der Waals surface area contributed by atoms with Gasteiger partial charge >= 0.3 is 0 Å². The standard InChI is InChI=1S/C13H20N6O/c1-18(2)8-10-9-19(17-16-10)5-6-20-11-3-4-12(14)13(15)7-11/h3-4,7,9H,5-6,8,14-15H2,1-2H3. The third-order valence-electron chi connectivity index (χ3n) is 2.71. The summed E-state index contributed by atoms with van der Waals surface area (Å²) in [5.41, 5.74) is 13.4. The van der Waals surface area contributed by atoms with Crippen LogP contribution in [0.25, 0.3) is 0 Å². The number of ether oxygens (including phenoxy) is 1. The second-order valence-electron chi connectivity index (χ2n) is 4.85. The molecule has 2 rings (SSSR count). The quantitative estimate of drug-likeness (QED) is 0.749. The highest BCUT2D eigenvalue weighted by molar-refractivity contribution is 5.65. The number of rotatable bonds is 6. The topological polar surface area (TPSA) is 95.2 Å². The van der Waals surface area contributed by atoms with Gasteiger partial charge < -0.3 is 21.1 Å². The van der Waals surface area contributed by atoms with E-state index in [1.165, 1.54) is 0 Å². The highest BCUT2D eigenvalue weighted by Crippen LogP contribution is 2.21. The zero-order valence-corrected chi connectivity index (χ0v) is 11.8. The molecule has 0 unspecified atom stereocenters. The number of anilines is 2. The SMILES string of the molecule is CN(C)Cc1cn(CCOc2ccc(N)c(N)c2)nn1. The Morgan fingerprint density at radius 3 is 2.75 bits per heavy atom. The van der Waals surface area contributed by atoms with Gasteiger partial charge in [0.05, 0.1) is 23.6 Å². The van der Waals surface area contributed by atoms with E-state index in [2.05, 4.69) is 10.3 Å². The Labute approximate surface area is 118 Å². The van der Waals surface area contributed by atoms with Crippen molar-refractivity contribution in [1.82, 2.24) is 19.9 Å². The van der Waals surface area contributed by atoms with Gasteiger partial charge in [0, 0.05) is 18.8 Å². The second-order valence-corrected chi connectivity index (χ2v) is 4.85. The van der Waals surface area contributed by atoms with Gasteiger partial charge in [0.1, 0.15) is 12.4 Å². The van der Waals surface area contributed by atoms with E-state index in [0.29, 0.717) is 30.3 Å². The van der Waals surface area contributed by atoms with Crippen molar-refractivity contribution >= 4 is 11.4 Å². The molecular formula is C13H20N6O. The molecule has 4 N–H and O–H groups in total. The molecule has 0 saturated carbocycles. The highest BCUT2D eigenvalue weighted by atomic mass is 16.5. The zero-order valence-electron chi connectivity index (χ0n) is 11.8. The van der Waals surface area contributed by atoms with Crippen LogP contribution >= 0.6 is 0 Å². The van der Waals surface area contributed by atoms with Crippen molar-refractivity contribution < 1.29 is 4.74 Å². The molecule has 0 radical (unpaired) electrons. The van der Waals surface area contributed by atoms with Gasteiger partial charge in [-0.3, -0.25) is 0 Å². The molecule has 20 heavy (non-hydrogen) atoms. The first kappa shape index (κ1) is 14.1. The minimum absolute atomic E-state index is 0.494. The van der Waals surface area contributed by atoms with Gasteiger partial charge in [0.2, 0.25) is 0 Å². The van der Waals surface area contributed by atoms with Crippen LogP contribution < -0.4 is 16.2 Å². The largest absolute Gasteiger partial charge is 0.492 e. The van der Waals surface area contributed by atoms with Gasteiger partial charge in [0.15, 0.2) is 0 Å². The zero-order chi connectivity index (χ0) is 14.5. The van der Waals surface area contributed by atoms with Crippen LogP contribution in [0.4, 0.5) is 11.4 Å². The molecule has 0 saturated heterocycles. The predicted octanol–water partition coefficient (Wildman–Crippen LogP) is 0.583. The third kappa shape index (κ3) is 3.86. The highest BCUT2D eigenvalue weighted by Gasteiger charge is 2.03. The molecule has 1 aromatic carbocycles. The van der Waals surface area contributed by atoms with E-state index >= 15 is 0 Å². The molecule has 0 amide bonds. The lowest BCUT2D eigenvalue weighted by atomic mass is 10.2. The van der Waals surface area contributed by atoms with Crippen LogP contribution in [0.15, 0.2) is 24.4 Å². The van der Waals surface area contributed by atoms with Crippen LogP contribution in [0.3, 0.4) is 0 Å². The first-order valence-electron chi connectivity index (χ1n) is 6.36. The summed E-state index contributed by atoms with van der Waals surface area (Å²) in [5.74, 6) is 0.699. The molecule has 0 spiro atoms. The Morgan fingerprint density at radius 2 is 2.05 bits per heavy atom. The maximum Gasteiger partial charge on any atom is 0.121 e. The fourth-order valence-electron chi connectivity index (χ4n) is 1.74. The van der Waals surface area contributed by atoms with E-state index < -0.39 is 0 Å². The van der Waals surface area contributed by atoms with Crippen molar-refractivity contribution in [2.24, 2.45) is 0 Å². The summed E-state index contributed by atoms with van der Waals surface area (Å²) in [7, 11) is 3.99. The van der Waals surface area contributed by atoms with Gasteiger partial charge in [0.25, 0.3) is 0 Å². The Balaban J connectivity index is 1.83. The monoisotopic (exact) mass is 276 g/mol. The number of hydrogen-bond acceptors (Lipinski definition) is 6. The van der Waals surface area contributed by atoms with Crippen LogP contribution in [0.2, 0.25) is 0 Å². The summed E-state index contributed by atoms with van der Waals surface area (Å²) < 4.78 is 7.36. The van der Waals surface area contributed by atoms with E-state index in [9.17, 15) is 0 Å². The minimum Gasteiger partial charge on any atom is -0.492 e. The third-order valence-corrected chi connectivity index (χ3v) is 2.71. The molecule has 108 valence electrons. The minimum atomic E-state index is 0.494. The molecule has 7 nitrogen and oxygen atoms in total. The van der Waals surface area contributed by atoms with Crippen LogP contribution in [0, 0.1) is 0 Å². The lowest BCUT2D eigenvalue weighted by Crippen LogP contribution is -2.11. The summed E-state index contributed by atoms with van der Waals surface area (Å²) in [5, 5.41) is 8.13. The number of hydrogen-bond donors (Lipinski definition) is 2. The van der Waals surface area contributed by atoms with Gasteiger partial charge in [-0.1, -0.05) is 5.21 Å². The second kappa shape index (κ2) is 6.25. The number of aromatic nitrogens is 3. The molecule has 0 atom stereocenters. The molecule has 0 bridgehead atoms. The molecule has 0 aliphatic carbocycles. The van der Waals surface area contributed by atoms with E-state index in [-0.39, 0.29) is 0 Å². The first-order valence-corrected chi connectivity index (χ1v) is 6.36. The van der Waals surface area contributed by atoms with Crippen molar-refractivity contribution in [2.75, 3.05) is 32.2 Å². The van der Waals surface area contributed by atoms with Crippen molar-refractivity contribution in [3.05, 3.63) is 30.1 Å². The first-order chi connectivity index (χ1) is 9.54. The summed E-state index contributed by atoms with van der Waals surface area (Å²) in [6.07, 6.45) is 1.92. The summed E-state index contributed by atoms with van der Waals surface area (Å²) in [6, 6.07) is 5.24. The molecule has 2 aromatic rings. The maximum atomic E-state index is 5.72. The molecule has 0 aliphatic rings. The molecule has 0 fully saturated rings. The molecule has 0 aliphatic heterocycles. The van der Waals surface area contributed by atoms with Crippen molar-refractivity contribution in [1.29, 1.82) is 0 Å². The van der Waals surface area contributed by atoms with Crippen LogP contribution in [-0.4, -0.2) is 40.6 Å². The fourth-order valence-corrected chi connectivity index (χ4v) is 1.74. The normalized spacial score (nSPS) is 10.9. The number of nitrogen functional groups attached to an aromatic ring is 2. The average molecular weight is 276 g/mol. The maximum absolute atomic E-state index is 5.72. The number of nitrogens with two attached hydrogens (primary N) is 2. The van der Waals surface area contributed by atoms with E-state index in [1.54, 1.807) is 22.9 Å². The van der Waals surface area contributed by atoms with Gasteiger partial charge in [-0.25, -0.2) is 4.68 Å². The summed E-state index contributed by atoms with van der Waals surface area (Å²) >= 11 is 0. The van der Waals surface area contributed by atoms with Crippen LogP contribution in [-0.2, 0) is 13.1 Å². The van der Waals surface area contributed by atoms with Gasteiger partial charge in [-0.15, -0.1) is 5.10 Å². The van der Waals surface area contributed by atoms with Crippen LogP contribution in [0.5, 0.6) is 5.75 Å². The van der Waals surface area contributed by atoms with E-state index in [0.717, 1.165) is 12.2 Å². The lowest BCUT2D eigenvalue weighted by molar-refractivity contribution is 0.290. The van der Waals surface area contributed by atoms with Crippen molar-refractivity contribution in [3.63, 3.8) is 0 Å². The summed E-state index contributed by atoms with van der Waals surface area (Å²) in [6.45, 7) is 1.90. The van der Waals surface area contributed by atoms with Crippen molar-refractivity contribution in [2.45, 2.75) is 13.1 Å². The molecule has 1 heterocycles. The Morgan fingerprint density at radius 1 is 1.25 bits per heavy atom. The van der Waals surface area contributed by atoms with Gasteiger partial charge in [-0.05, 0) is 26.2 Å². The molecular weight excluding hydrogens is 256 g/mol. The van der Waals surface area contributed by atoms with Crippen LogP contribution in [0.1, 0.15) is 5.69 Å².